The lowest BCUT2D eigenvalue weighted by molar-refractivity contribution is -0.145. The van der Waals surface area contributed by atoms with Crippen molar-refractivity contribution in [1.82, 2.24) is 4.90 Å². The van der Waals surface area contributed by atoms with Crippen LogP contribution in [0.5, 0.6) is 0 Å². The number of hydrogen-bond acceptors (Lipinski definition) is 2. The number of nitrogens with zero attached hydrogens (tertiary/aromatic N) is 1. The number of hydrogen-bond donors (Lipinski definition) is 1. The highest BCUT2D eigenvalue weighted by Crippen LogP contribution is 2.41. The normalized spacial score (nSPS) is 18.8. The zero-order valence-corrected chi connectivity index (χ0v) is 9.38. The molecule has 0 saturated heterocycles. The first-order valence-electron chi connectivity index (χ1n) is 5.62. The number of rotatable bonds is 5. The minimum atomic E-state index is -0.192. The first-order chi connectivity index (χ1) is 6.66. The van der Waals surface area contributed by atoms with Crippen LogP contribution >= 0.6 is 0 Å². The molecule has 3 heteroatoms. The Labute approximate surface area is 86.6 Å². The van der Waals surface area contributed by atoms with E-state index in [0.717, 1.165) is 38.6 Å². The number of carbonyl (C=O) groups excluding carboxylic acids is 1. The Kier molecular flexibility index (Phi) is 3.93. The van der Waals surface area contributed by atoms with Crippen molar-refractivity contribution in [3.05, 3.63) is 0 Å². The van der Waals surface area contributed by atoms with Crippen molar-refractivity contribution in [2.45, 2.75) is 39.0 Å². The fraction of sp³-hybridized carbons (Fsp3) is 0.909. The van der Waals surface area contributed by atoms with Gasteiger partial charge in [0.25, 0.3) is 0 Å². The van der Waals surface area contributed by atoms with Crippen LogP contribution in [-0.2, 0) is 4.79 Å². The molecule has 1 aliphatic carbocycles. The van der Waals surface area contributed by atoms with Crippen LogP contribution in [0.2, 0.25) is 0 Å². The van der Waals surface area contributed by atoms with Gasteiger partial charge in [0.2, 0.25) is 5.91 Å². The van der Waals surface area contributed by atoms with E-state index in [9.17, 15) is 4.79 Å². The Balaban J connectivity index is 2.46. The summed E-state index contributed by atoms with van der Waals surface area (Å²) in [5.74, 6) is 0.264. The molecule has 0 aromatic rings. The molecule has 0 heterocycles. The van der Waals surface area contributed by atoms with Crippen LogP contribution in [0.1, 0.15) is 39.0 Å². The average Bonchev–Trinajstić information content (AvgIpc) is 2.13. The number of nitrogens with two attached hydrogens (primary N) is 1. The largest absolute Gasteiger partial charge is 0.345 e. The first-order valence-corrected chi connectivity index (χ1v) is 5.62. The predicted octanol–water partition coefficient (Wildman–Crippen LogP) is 1.37. The summed E-state index contributed by atoms with van der Waals surface area (Å²) in [6.45, 7) is 3.53. The second-order valence-corrected chi connectivity index (χ2v) is 4.42. The number of amides is 1. The summed E-state index contributed by atoms with van der Waals surface area (Å²) in [5, 5.41) is 0. The monoisotopic (exact) mass is 198 g/mol. The summed E-state index contributed by atoms with van der Waals surface area (Å²) in [5.41, 5.74) is 5.50. The van der Waals surface area contributed by atoms with E-state index in [2.05, 4.69) is 6.92 Å². The van der Waals surface area contributed by atoms with Gasteiger partial charge in [-0.05, 0) is 19.3 Å². The van der Waals surface area contributed by atoms with Gasteiger partial charge in [-0.1, -0.05) is 19.8 Å². The second-order valence-electron chi connectivity index (χ2n) is 4.42. The van der Waals surface area contributed by atoms with Crippen LogP contribution in [-0.4, -0.2) is 30.9 Å². The minimum Gasteiger partial charge on any atom is -0.345 e. The van der Waals surface area contributed by atoms with E-state index in [-0.39, 0.29) is 11.3 Å². The topological polar surface area (TPSA) is 46.3 Å². The number of carbonyl (C=O) groups is 1. The van der Waals surface area contributed by atoms with Gasteiger partial charge in [0, 0.05) is 20.1 Å². The Bertz CT molecular complexity index is 194. The lowest BCUT2D eigenvalue weighted by Gasteiger charge is -2.41. The molecule has 0 spiro atoms. The molecule has 0 aromatic carbocycles. The van der Waals surface area contributed by atoms with Crippen LogP contribution in [0.4, 0.5) is 0 Å². The van der Waals surface area contributed by atoms with E-state index in [0.29, 0.717) is 6.54 Å². The van der Waals surface area contributed by atoms with E-state index in [1.54, 1.807) is 0 Å². The van der Waals surface area contributed by atoms with Crippen molar-refractivity contribution in [3.8, 4) is 0 Å². The third-order valence-corrected chi connectivity index (χ3v) is 3.35. The molecule has 3 nitrogen and oxygen atoms in total. The predicted molar refractivity (Wildman–Crippen MR) is 57.9 cm³/mol. The van der Waals surface area contributed by atoms with Gasteiger partial charge in [-0.25, -0.2) is 0 Å². The lowest BCUT2D eigenvalue weighted by atomic mass is 9.68. The van der Waals surface area contributed by atoms with E-state index in [1.807, 2.05) is 11.9 Å². The molecular formula is C11H22N2O. The van der Waals surface area contributed by atoms with Crippen LogP contribution in [0.3, 0.4) is 0 Å². The third-order valence-electron chi connectivity index (χ3n) is 3.35. The van der Waals surface area contributed by atoms with Crippen molar-refractivity contribution in [2.75, 3.05) is 20.1 Å². The SMILES string of the molecule is CCCCN(C)C(=O)C1(CN)CCC1. The molecule has 1 fully saturated rings. The maximum absolute atomic E-state index is 12.0. The fourth-order valence-electron chi connectivity index (χ4n) is 2.01. The highest BCUT2D eigenvalue weighted by molar-refractivity contribution is 5.83. The molecule has 0 radical (unpaired) electrons. The molecular weight excluding hydrogens is 176 g/mol. The zero-order valence-electron chi connectivity index (χ0n) is 9.38. The minimum absolute atomic E-state index is 0.192. The molecule has 14 heavy (non-hydrogen) atoms. The lowest BCUT2D eigenvalue weighted by Crippen LogP contribution is -2.51. The van der Waals surface area contributed by atoms with Crippen LogP contribution in [0, 0.1) is 5.41 Å². The van der Waals surface area contributed by atoms with Gasteiger partial charge in [-0.15, -0.1) is 0 Å². The van der Waals surface area contributed by atoms with Gasteiger partial charge in [0.1, 0.15) is 0 Å². The molecule has 1 rings (SSSR count). The molecule has 82 valence electrons. The van der Waals surface area contributed by atoms with E-state index >= 15 is 0 Å². The molecule has 1 saturated carbocycles. The maximum atomic E-state index is 12.0. The summed E-state index contributed by atoms with van der Waals surface area (Å²) in [4.78, 5) is 13.9. The van der Waals surface area contributed by atoms with Gasteiger partial charge < -0.3 is 10.6 Å². The molecule has 0 unspecified atom stereocenters. The Hall–Kier alpha value is -0.570. The van der Waals surface area contributed by atoms with Gasteiger partial charge in [0.05, 0.1) is 5.41 Å². The molecule has 0 aromatic heterocycles. The highest BCUT2D eigenvalue weighted by Gasteiger charge is 2.44. The number of unbranched alkanes of at least 4 members (excludes halogenated alkanes) is 1. The summed E-state index contributed by atoms with van der Waals surface area (Å²) in [6.07, 6.45) is 5.35. The first kappa shape index (κ1) is 11.5. The smallest absolute Gasteiger partial charge is 0.229 e. The molecule has 1 aliphatic rings. The second kappa shape index (κ2) is 4.78. The van der Waals surface area contributed by atoms with E-state index in [1.165, 1.54) is 0 Å². The van der Waals surface area contributed by atoms with E-state index < -0.39 is 0 Å². The van der Waals surface area contributed by atoms with Crippen molar-refractivity contribution in [3.63, 3.8) is 0 Å². The van der Waals surface area contributed by atoms with Crippen molar-refractivity contribution in [1.29, 1.82) is 0 Å². The molecule has 1 amide bonds. The quantitative estimate of drug-likeness (QED) is 0.725. The van der Waals surface area contributed by atoms with Crippen LogP contribution in [0.25, 0.3) is 0 Å². The summed E-state index contributed by atoms with van der Waals surface area (Å²) in [7, 11) is 1.90. The average molecular weight is 198 g/mol. The van der Waals surface area contributed by atoms with Crippen molar-refractivity contribution >= 4 is 5.91 Å². The van der Waals surface area contributed by atoms with Gasteiger partial charge >= 0.3 is 0 Å². The summed E-state index contributed by atoms with van der Waals surface area (Å²) in [6, 6.07) is 0. The Morgan fingerprint density at radius 2 is 2.14 bits per heavy atom. The van der Waals surface area contributed by atoms with Gasteiger partial charge in [-0.3, -0.25) is 4.79 Å². The standard InChI is InChI=1S/C11H22N2O/c1-3-4-8-13(2)10(14)11(9-12)6-5-7-11/h3-9,12H2,1-2H3. The fourth-order valence-corrected chi connectivity index (χ4v) is 2.01. The molecule has 0 atom stereocenters. The molecule has 2 N–H and O–H groups in total. The van der Waals surface area contributed by atoms with Gasteiger partial charge in [0.15, 0.2) is 0 Å². The van der Waals surface area contributed by atoms with Crippen LogP contribution in [0.15, 0.2) is 0 Å². The maximum Gasteiger partial charge on any atom is 0.229 e. The molecule has 0 aliphatic heterocycles. The van der Waals surface area contributed by atoms with Gasteiger partial charge in [-0.2, -0.15) is 0 Å². The Morgan fingerprint density at radius 1 is 1.50 bits per heavy atom. The van der Waals surface area contributed by atoms with E-state index in [4.69, 9.17) is 5.73 Å². The highest BCUT2D eigenvalue weighted by atomic mass is 16.2. The summed E-state index contributed by atoms with van der Waals surface area (Å²) >= 11 is 0. The van der Waals surface area contributed by atoms with Crippen LogP contribution < -0.4 is 5.73 Å². The zero-order chi connectivity index (χ0) is 10.6. The summed E-state index contributed by atoms with van der Waals surface area (Å²) < 4.78 is 0. The van der Waals surface area contributed by atoms with Crippen molar-refractivity contribution in [2.24, 2.45) is 11.1 Å². The Morgan fingerprint density at radius 3 is 2.50 bits per heavy atom. The molecule has 0 bridgehead atoms. The van der Waals surface area contributed by atoms with Crippen molar-refractivity contribution < 1.29 is 4.79 Å². The third kappa shape index (κ3) is 2.08.